The van der Waals surface area contributed by atoms with E-state index in [2.05, 4.69) is 0 Å². The molecule has 2 atom stereocenters. The van der Waals surface area contributed by atoms with Crippen molar-refractivity contribution in [1.82, 2.24) is 0 Å². The van der Waals surface area contributed by atoms with Gasteiger partial charge in [0.25, 0.3) is 0 Å². The van der Waals surface area contributed by atoms with E-state index >= 15 is 0 Å². The Hall–Kier alpha value is -0.500. The molecule has 0 saturated carbocycles. The highest BCUT2D eigenvalue weighted by Gasteiger charge is 2.46. The van der Waals surface area contributed by atoms with Crippen LogP contribution in [0.4, 0.5) is 26.3 Å². The van der Waals surface area contributed by atoms with Gasteiger partial charge in [0.05, 0.1) is 0 Å². The summed E-state index contributed by atoms with van der Waals surface area (Å²) in [5.41, 5.74) is 0. The third-order valence-electron chi connectivity index (χ3n) is 1.20. The number of halogens is 6. The molecule has 0 radical (unpaired) electrons. The molecule has 0 aromatic rings. The van der Waals surface area contributed by atoms with Gasteiger partial charge in [-0.15, -0.1) is 0 Å². The van der Waals surface area contributed by atoms with Gasteiger partial charge in [0.15, 0.2) is 12.2 Å². The van der Waals surface area contributed by atoms with Crippen molar-refractivity contribution < 1.29 is 36.6 Å². The van der Waals surface area contributed by atoms with Gasteiger partial charge in [0.1, 0.15) is 0 Å². The average Bonchev–Trinajstić information content (AvgIpc) is 1.82. The van der Waals surface area contributed by atoms with Crippen molar-refractivity contribution in [2.45, 2.75) is 31.0 Å². The summed E-state index contributed by atoms with van der Waals surface area (Å²) < 4.78 is 68.8. The first-order valence-electron chi connectivity index (χ1n) is 3.04. The fourth-order valence-corrected chi connectivity index (χ4v) is 0.479. The third kappa shape index (κ3) is 4.32. The van der Waals surface area contributed by atoms with E-state index < -0.39 is 31.0 Å². The maximum Gasteiger partial charge on any atom is 0.414 e. The minimum absolute atomic E-state index is 1.80. The lowest BCUT2D eigenvalue weighted by molar-refractivity contribution is -0.244. The predicted octanol–water partition coefficient (Wildman–Crippen LogP) is 1.22. The molecule has 0 aromatic carbocycles. The highest BCUT2D eigenvalue weighted by atomic mass is 19.4. The van der Waals surface area contributed by atoms with Gasteiger partial charge in [-0.05, 0) is 0 Å². The van der Waals surface area contributed by atoms with Gasteiger partial charge < -0.3 is 10.2 Å². The molecule has 0 saturated heterocycles. The van der Waals surface area contributed by atoms with E-state index in [0.29, 0.717) is 0 Å². The molecule has 13 heavy (non-hydrogen) atoms. The zero-order valence-electron chi connectivity index (χ0n) is 6.02. The molecule has 0 bridgehead atoms. The lowest BCUT2D eigenvalue weighted by Gasteiger charge is -2.19. The molecular weight excluding hydrogens is 206 g/mol. The molecule has 2 N–H and O–H groups in total. The van der Waals surface area contributed by atoms with E-state index in [-0.39, 0.29) is 0 Å². The number of hydrogen-bond donors (Lipinski definition) is 2. The molecule has 0 fully saturated rings. The maximum atomic E-state index is 11.5. The van der Waals surface area contributed by atoms with Crippen LogP contribution in [0.15, 0.2) is 0 Å². The van der Waals surface area contributed by atoms with Gasteiger partial charge >= 0.3 is 12.4 Å². The van der Waals surface area contributed by atoms with Gasteiger partial charge in [-0.3, -0.25) is 0 Å². The van der Waals surface area contributed by atoms with Crippen LogP contribution < -0.4 is 0 Å². The SMILES string of the molecule is OC(CC(O)C(F)(F)F)C(F)(F)F. The number of aliphatic hydroxyl groups excluding tert-OH is 2. The van der Waals surface area contributed by atoms with Gasteiger partial charge in [-0.1, -0.05) is 0 Å². The molecule has 0 amide bonds. The molecular formula is C5H6F6O2. The summed E-state index contributed by atoms with van der Waals surface area (Å²) in [7, 11) is 0. The predicted molar refractivity (Wildman–Crippen MR) is 28.7 cm³/mol. The largest absolute Gasteiger partial charge is 0.414 e. The summed E-state index contributed by atoms with van der Waals surface area (Å²) in [6.45, 7) is 0. The van der Waals surface area contributed by atoms with Crippen molar-refractivity contribution >= 4 is 0 Å². The van der Waals surface area contributed by atoms with Crippen molar-refractivity contribution in [2.75, 3.05) is 0 Å². The van der Waals surface area contributed by atoms with Crippen molar-refractivity contribution in [3.05, 3.63) is 0 Å². The van der Waals surface area contributed by atoms with Crippen LogP contribution in [0.2, 0.25) is 0 Å². The molecule has 0 aromatic heterocycles. The Kier molecular flexibility index (Phi) is 3.56. The number of hydrogen-bond acceptors (Lipinski definition) is 2. The normalized spacial score (nSPS) is 18.5. The summed E-state index contributed by atoms with van der Waals surface area (Å²) in [4.78, 5) is 0. The molecule has 8 heteroatoms. The topological polar surface area (TPSA) is 40.5 Å². The van der Waals surface area contributed by atoms with Crippen molar-refractivity contribution in [3.63, 3.8) is 0 Å². The first kappa shape index (κ1) is 12.5. The molecule has 0 heterocycles. The zero-order valence-corrected chi connectivity index (χ0v) is 6.02. The fraction of sp³-hybridized carbons (Fsp3) is 1.00. The van der Waals surface area contributed by atoms with E-state index in [4.69, 9.17) is 10.2 Å². The van der Waals surface area contributed by atoms with Gasteiger partial charge in [-0.25, -0.2) is 0 Å². The van der Waals surface area contributed by atoms with Crippen LogP contribution >= 0.6 is 0 Å². The molecule has 0 aliphatic heterocycles. The average molecular weight is 212 g/mol. The van der Waals surface area contributed by atoms with Crippen LogP contribution in [0, 0.1) is 0 Å². The number of aliphatic hydroxyl groups is 2. The van der Waals surface area contributed by atoms with Crippen molar-refractivity contribution in [3.8, 4) is 0 Å². The van der Waals surface area contributed by atoms with Gasteiger partial charge in [0, 0.05) is 6.42 Å². The molecule has 2 unspecified atom stereocenters. The summed E-state index contributed by atoms with van der Waals surface area (Å²) in [5.74, 6) is 0. The van der Waals surface area contributed by atoms with E-state index in [1.807, 2.05) is 0 Å². The minimum atomic E-state index is -5.15. The summed E-state index contributed by atoms with van der Waals surface area (Å²) >= 11 is 0. The van der Waals surface area contributed by atoms with Crippen LogP contribution in [0.3, 0.4) is 0 Å². The first-order chi connectivity index (χ1) is 5.55. The summed E-state index contributed by atoms with van der Waals surface area (Å²) in [5, 5.41) is 16.3. The second-order valence-electron chi connectivity index (χ2n) is 2.35. The Balaban J connectivity index is 4.15. The Morgan fingerprint density at radius 3 is 1.15 bits per heavy atom. The van der Waals surface area contributed by atoms with Crippen molar-refractivity contribution in [1.29, 1.82) is 0 Å². The molecule has 2 nitrogen and oxygen atoms in total. The molecule has 0 spiro atoms. The highest BCUT2D eigenvalue weighted by molar-refractivity contribution is 4.74. The minimum Gasteiger partial charge on any atom is -0.384 e. The van der Waals surface area contributed by atoms with Crippen molar-refractivity contribution in [2.24, 2.45) is 0 Å². The van der Waals surface area contributed by atoms with Crippen LogP contribution in [0.5, 0.6) is 0 Å². The molecule has 0 aliphatic carbocycles. The van der Waals surface area contributed by atoms with E-state index in [0.717, 1.165) is 0 Å². The van der Waals surface area contributed by atoms with Crippen LogP contribution in [0.1, 0.15) is 6.42 Å². The number of rotatable bonds is 2. The number of alkyl halides is 6. The monoisotopic (exact) mass is 212 g/mol. The first-order valence-corrected chi connectivity index (χ1v) is 3.04. The highest BCUT2D eigenvalue weighted by Crippen LogP contribution is 2.29. The Morgan fingerprint density at radius 2 is 1.00 bits per heavy atom. The van der Waals surface area contributed by atoms with Crippen LogP contribution in [-0.4, -0.2) is 34.8 Å². The van der Waals surface area contributed by atoms with E-state index in [1.54, 1.807) is 0 Å². The maximum absolute atomic E-state index is 11.5. The van der Waals surface area contributed by atoms with E-state index in [1.165, 1.54) is 0 Å². The second-order valence-corrected chi connectivity index (χ2v) is 2.35. The van der Waals surface area contributed by atoms with Crippen LogP contribution in [0.25, 0.3) is 0 Å². The van der Waals surface area contributed by atoms with Gasteiger partial charge in [0.2, 0.25) is 0 Å². The lowest BCUT2D eigenvalue weighted by Crippen LogP contribution is -2.38. The van der Waals surface area contributed by atoms with Crippen LogP contribution in [-0.2, 0) is 0 Å². The summed E-state index contributed by atoms with van der Waals surface area (Å²) in [6, 6.07) is 0. The van der Waals surface area contributed by atoms with Gasteiger partial charge in [-0.2, -0.15) is 26.3 Å². The standard InChI is InChI=1S/C5H6F6O2/c6-4(7,8)2(12)1-3(13)5(9,10)11/h2-3,12-13H,1H2. The smallest absolute Gasteiger partial charge is 0.384 e. The molecule has 0 rings (SSSR count). The Bertz CT molecular complexity index is 143. The summed E-state index contributed by atoms with van der Waals surface area (Å²) in [6.07, 6.45) is -18.4. The zero-order chi connectivity index (χ0) is 10.9. The Morgan fingerprint density at radius 1 is 0.769 bits per heavy atom. The molecule has 80 valence electrons. The Labute approximate surface area is 68.8 Å². The molecule has 0 aliphatic rings. The third-order valence-corrected chi connectivity index (χ3v) is 1.20. The van der Waals surface area contributed by atoms with E-state index in [9.17, 15) is 26.3 Å². The lowest BCUT2D eigenvalue weighted by atomic mass is 10.1. The second kappa shape index (κ2) is 3.70. The quantitative estimate of drug-likeness (QED) is 0.675. The fourth-order valence-electron chi connectivity index (χ4n) is 0.479.